The van der Waals surface area contributed by atoms with Crippen LogP contribution < -0.4 is 5.32 Å². The average Bonchev–Trinajstić information content (AvgIpc) is 2.70. The molecule has 0 aromatic carbocycles. The van der Waals surface area contributed by atoms with Gasteiger partial charge in [-0.2, -0.15) is 0 Å². The number of carbonyl (C=O) groups is 1. The Balaban J connectivity index is 2.10. The van der Waals surface area contributed by atoms with Gasteiger partial charge in [0.1, 0.15) is 6.26 Å². The van der Waals surface area contributed by atoms with E-state index in [9.17, 15) is 4.79 Å². The fourth-order valence-electron chi connectivity index (χ4n) is 0.889. The van der Waals surface area contributed by atoms with Crippen molar-refractivity contribution in [2.45, 2.75) is 0 Å². The van der Waals surface area contributed by atoms with Crippen LogP contribution in [0.25, 0.3) is 0 Å². The maximum Gasteiger partial charge on any atom is 0.254 e. The van der Waals surface area contributed by atoms with Gasteiger partial charge in [0.15, 0.2) is 0 Å². The molecule has 0 spiro atoms. The molecular weight excluding hydrogens is 206 g/mol. The van der Waals surface area contributed by atoms with E-state index in [1.807, 2.05) is 0 Å². The molecule has 1 heterocycles. The summed E-state index contributed by atoms with van der Waals surface area (Å²) >= 11 is 5.40. The summed E-state index contributed by atoms with van der Waals surface area (Å²) in [6.45, 7) is 1.44. The second kappa shape index (κ2) is 6.45. The number of ether oxygens (including phenoxy) is 1. The Bertz CT molecular complexity index is 261. The van der Waals surface area contributed by atoms with Crippen LogP contribution in [0.1, 0.15) is 10.4 Å². The van der Waals surface area contributed by atoms with Crippen molar-refractivity contribution in [1.29, 1.82) is 0 Å². The number of nitrogens with one attached hydrogen (secondary N) is 1. The molecule has 0 atom stereocenters. The number of alkyl halides is 1. The van der Waals surface area contributed by atoms with Gasteiger partial charge in [0.25, 0.3) is 5.91 Å². The van der Waals surface area contributed by atoms with Crippen molar-refractivity contribution in [3.05, 3.63) is 24.2 Å². The third kappa shape index (κ3) is 3.81. The molecule has 0 aliphatic heterocycles. The van der Waals surface area contributed by atoms with Gasteiger partial charge >= 0.3 is 0 Å². The van der Waals surface area contributed by atoms with Crippen LogP contribution in [0.5, 0.6) is 0 Å². The zero-order valence-electron chi connectivity index (χ0n) is 7.66. The molecule has 0 bridgehead atoms. The predicted molar refractivity (Wildman–Crippen MR) is 52.6 cm³/mol. The van der Waals surface area contributed by atoms with Crippen molar-refractivity contribution in [1.82, 2.24) is 5.32 Å². The van der Waals surface area contributed by atoms with E-state index < -0.39 is 0 Å². The first-order valence-electron chi connectivity index (χ1n) is 4.28. The molecule has 78 valence electrons. The predicted octanol–water partition coefficient (Wildman–Crippen LogP) is 1.26. The third-order valence-corrected chi connectivity index (χ3v) is 1.69. The Morgan fingerprint density at radius 2 is 2.43 bits per heavy atom. The lowest BCUT2D eigenvalue weighted by Gasteiger charge is -2.03. The van der Waals surface area contributed by atoms with Gasteiger partial charge in [-0.3, -0.25) is 4.79 Å². The molecule has 0 unspecified atom stereocenters. The molecule has 1 rings (SSSR count). The van der Waals surface area contributed by atoms with Crippen LogP contribution >= 0.6 is 11.6 Å². The molecule has 1 N–H and O–H groups in total. The zero-order chi connectivity index (χ0) is 10.2. The monoisotopic (exact) mass is 217 g/mol. The van der Waals surface area contributed by atoms with Crippen LogP contribution in [0.2, 0.25) is 0 Å². The second-order valence-corrected chi connectivity index (χ2v) is 2.95. The number of carbonyl (C=O) groups excluding carboxylic acids is 1. The molecule has 5 heteroatoms. The molecule has 0 fully saturated rings. The average molecular weight is 218 g/mol. The third-order valence-electron chi connectivity index (χ3n) is 1.54. The molecule has 0 radical (unpaired) electrons. The number of rotatable bonds is 6. The molecule has 0 aliphatic carbocycles. The van der Waals surface area contributed by atoms with E-state index in [0.717, 1.165) is 0 Å². The van der Waals surface area contributed by atoms with Crippen molar-refractivity contribution in [2.24, 2.45) is 0 Å². The zero-order valence-corrected chi connectivity index (χ0v) is 8.42. The van der Waals surface area contributed by atoms with E-state index in [1.165, 1.54) is 12.5 Å². The highest BCUT2D eigenvalue weighted by atomic mass is 35.5. The van der Waals surface area contributed by atoms with E-state index >= 15 is 0 Å². The van der Waals surface area contributed by atoms with Crippen molar-refractivity contribution in [3.63, 3.8) is 0 Å². The highest BCUT2D eigenvalue weighted by molar-refractivity contribution is 6.17. The van der Waals surface area contributed by atoms with Gasteiger partial charge in [-0.1, -0.05) is 0 Å². The highest BCUT2D eigenvalue weighted by Crippen LogP contribution is 1.98. The SMILES string of the molecule is O=C(NCCOCCCl)c1ccoc1. The fourth-order valence-corrected chi connectivity index (χ4v) is 0.998. The Labute approximate surface area is 87.2 Å². The maximum atomic E-state index is 11.3. The number of halogens is 1. The lowest BCUT2D eigenvalue weighted by molar-refractivity contribution is 0.0923. The number of hydrogen-bond donors (Lipinski definition) is 1. The van der Waals surface area contributed by atoms with Crippen molar-refractivity contribution < 1.29 is 13.9 Å². The van der Waals surface area contributed by atoms with Gasteiger partial charge < -0.3 is 14.5 Å². The van der Waals surface area contributed by atoms with Crippen LogP contribution in [0.15, 0.2) is 23.0 Å². The second-order valence-electron chi connectivity index (χ2n) is 2.57. The first-order valence-corrected chi connectivity index (χ1v) is 4.82. The number of furan rings is 1. The van der Waals surface area contributed by atoms with Crippen LogP contribution in [-0.2, 0) is 4.74 Å². The molecule has 1 amide bonds. The van der Waals surface area contributed by atoms with Gasteiger partial charge in [0.05, 0.1) is 25.0 Å². The lowest BCUT2D eigenvalue weighted by atomic mass is 10.3. The van der Waals surface area contributed by atoms with E-state index in [1.54, 1.807) is 6.07 Å². The molecule has 1 aromatic rings. The molecule has 14 heavy (non-hydrogen) atoms. The lowest BCUT2D eigenvalue weighted by Crippen LogP contribution is -2.27. The summed E-state index contributed by atoms with van der Waals surface area (Å²) in [5.41, 5.74) is 0.516. The summed E-state index contributed by atoms with van der Waals surface area (Å²) < 4.78 is 9.85. The van der Waals surface area contributed by atoms with E-state index in [2.05, 4.69) is 5.32 Å². The van der Waals surface area contributed by atoms with Crippen LogP contribution in [0, 0.1) is 0 Å². The van der Waals surface area contributed by atoms with Gasteiger partial charge in [0, 0.05) is 12.4 Å². The van der Waals surface area contributed by atoms with Crippen LogP contribution in [0.3, 0.4) is 0 Å². The Hall–Kier alpha value is -1.00. The fraction of sp³-hybridized carbons (Fsp3) is 0.444. The molecule has 1 aromatic heterocycles. The smallest absolute Gasteiger partial charge is 0.254 e. The van der Waals surface area contributed by atoms with Gasteiger partial charge in [-0.05, 0) is 6.07 Å². The summed E-state index contributed by atoms with van der Waals surface area (Å²) in [5, 5.41) is 2.68. The first-order chi connectivity index (χ1) is 6.84. The minimum absolute atomic E-state index is 0.159. The van der Waals surface area contributed by atoms with Crippen molar-refractivity contribution in [3.8, 4) is 0 Å². The van der Waals surface area contributed by atoms with Crippen LogP contribution in [0.4, 0.5) is 0 Å². The minimum Gasteiger partial charge on any atom is -0.472 e. The van der Waals surface area contributed by atoms with E-state index in [4.69, 9.17) is 20.8 Å². The van der Waals surface area contributed by atoms with Gasteiger partial charge in [0.2, 0.25) is 0 Å². The van der Waals surface area contributed by atoms with Gasteiger partial charge in [-0.15, -0.1) is 11.6 Å². The summed E-state index contributed by atoms with van der Waals surface area (Å²) in [5.74, 6) is 0.309. The van der Waals surface area contributed by atoms with E-state index in [0.29, 0.717) is 31.2 Å². The summed E-state index contributed by atoms with van der Waals surface area (Å²) in [7, 11) is 0. The topological polar surface area (TPSA) is 51.5 Å². The minimum atomic E-state index is -0.159. The van der Waals surface area contributed by atoms with Crippen molar-refractivity contribution in [2.75, 3.05) is 25.6 Å². The molecule has 4 nitrogen and oxygen atoms in total. The summed E-state index contributed by atoms with van der Waals surface area (Å²) in [6, 6.07) is 1.61. The largest absolute Gasteiger partial charge is 0.472 e. The molecule has 0 saturated heterocycles. The highest BCUT2D eigenvalue weighted by Gasteiger charge is 2.04. The Morgan fingerprint density at radius 3 is 3.07 bits per heavy atom. The van der Waals surface area contributed by atoms with Gasteiger partial charge in [-0.25, -0.2) is 0 Å². The Morgan fingerprint density at radius 1 is 1.57 bits per heavy atom. The summed E-state index contributed by atoms with van der Waals surface area (Å²) in [4.78, 5) is 11.3. The number of amides is 1. The number of hydrogen-bond acceptors (Lipinski definition) is 3. The Kier molecular flexibility index (Phi) is 5.11. The maximum absolute atomic E-state index is 11.3. The van der Waals surface area contributed by atoms with E-state index in [-0.39, 0.29) is 5.91 Å². The molecule has 0 aliphatic rings. The van der Waals surface area contributed by atoms with Crippen molar-refractivity contribution >= 4 is 17.5 Å². The normalized spacial score (nSPS) is 10.1. The summed E-state index contributed by atoms with van der Waals surface area (Å²) in [6.07, 6.45) is 2.86. The standard InChI is InChI=1S/C9H12ClNO3/c10-2-5-13-6-3-11-9(12)8-1-4-14-7-8/h1,4,7H,2-3,5-6H2,(H,11,12). The molecular formula is C9H12ClNO3. The van der Waals surface area contributed by atoms with Crippen LogP contribution in [-0.4, -0.2) is 31.5 Å². The first kappa shape index (κ1) is 11.1. The molecule has 0 saturated carbocycles. The quantitative estimate of drug-likeness (QED) is 0.577.